The van der Waals surface area contributed by atoms with E-state index in [1.165, 1.54) is 0 Å². The van der Waals surface area contributed by atoms with Crippen LogP contribution in [0, 0.1) is 13.8 Å². The van der Waals surface area contributed by atoms with E-state index in [2.05, 4.69) is 21.0 Å². The zero-order chi connectivity index (χ0) is 18.5. The van der Waals surface area contributed by atoms with Gasteiger partial charge in [-0.05, 0) is 37.6 Å². The number of amides is 2. The fourth-order valence-electron chi connectivity index (χ4n) is 2.55. The average Bonchev–Trinajstić information content (AvgIpc) is 3.20. The predicted molar refractivity (Wildman–Crippen MR) is 95.3 cm³/mol. The maximum Gasteiger partial charge on any atom is 0.260 e. The van der Waals surface area contributed by atoms with Gasteiger partial charge in [0.05, 0.1) is 24.0 Å². The van der Waals surface area contributed by atoms with Crippen LogP contribution in [-0.2, 0) is 22.6 Å². The molecule has 0 bridgehead atoms. The molecule has 0 spiro atoms. The second-order valence-corrected chi connectivity index (χ2v) is 5.99. The molecule has 26 heavy (non-hydrogen) atoms. The van der Waals surface area contributed by atoms with Crippen molar-refractivity contribution < 1.29 is 9.59 Å². The van der Waals surface area contributed by atoms with Crippen molar-refractivity contribution in [3.63, 3.8) is 0 Å². The van der Waals surface area contributed by atoms with E-state index in [4.69, 9.17) is 0 Å². The molecule has 8 heteroatoms. The number of benzene rings is 1. The fraction of sp³-hybridized carbons (Fsp3) is 0.222. The third-order valence-electron chi connectivity index (χ3n) is 3.76. The number of carbonyl (C=O) groups is 2. The number of para-hydroxylation sites is 1. The lowest BCUT2D eigenvalue weighted by Gasteiger charge is -2.08. The standard InChI is InChI=1S/C18H20N6O2/c1-13-8-14(2)23(22-13)12-18(26)21-20-17(25)9-15-10-19-24(11-15)16-6-4-3-5-7-16/h3-8,10-11H,9,12H2,1-2H3,(H,20,25)(H,21,26). The number of aryl methyl sites for hydroxylation is 2. The lowest BCUT2D eigenvalue weighted by Crippen LogP contribution is -2.44. The highest BCUT2D eigenvalue weighted by molar-refractivity contribution is 5.83. The van der Waals surface area contributed by atoms with Gasteiger partial charge in [-0.25, -0.2) is 4.68 Å². The molecule has 0 atom stereocenters. The number of aromatic nitrogens is 4. The van der Waals surface area contributed by atoms with Crippen molar-refractivity contribution >= 4 is 11.8 Å². The number of carbonyl (C=O) groups excluding carboxylic acids is 2. The molecule has 0 radical (unpaired) electrons. The zero-order valence-electron chi connectivity index (χ0n) is 14.6. The quantitative estimate of drug-likeness (QED) is 0.672. The monoisotopic (exact) mass is 352 g/mol. The molecule has 0 aliphatic heterocycles. The van der Waals surface area contributed by atoms with E-state index in [-0.39, 0.29) is 24.8 Å². The minimum atomic E-state index is -0.343. The van der Waals surface area contributed by atoms with Crippen molar-refractivity contribution in [1.29, 1.82) is 0 Å². The smallest absolute Gasteiger partial charge is 0.260 e. The van der Waals surface area contributed by atoms with E-state index in [1.807, 2.05) is 50.2 Å². The topological polar surface area (TPSA) is 93.8 Å². The summed E-state index contributed by atoms with van der Waals surface area (Å²) in [5.41, 5.74) is 8.20. The van der Waals surface area contributed by atoms with E-state index in [0.29, 0.717) is 0 Å². The summed E-state index contributed by atoms with van der Waals surface area (Å²) >= 11 is 0. The summed E-state index contributed by atoms with van der Waals surface area (Å²) in [4.78, 5) is 23.9. The van der Waals surface area contributed by atoms with Crippen LogP contribution >= 0.6 is 0 Å². The first-order valence-corrected chi connectivity index (χ1v) is 8.19. The van der Waals surface area contributed by atoms with Crippen molar-refractivity contribution in [2.75, 3.05) is 0 Å². The molecule has 2 heterocycles. The Morgan fingerprint density at radius 3 is 2.50 bits per heavy atom. The molecule has 3 aromatic rings. The normalized spacial score (nSPS) is 10.5. The Balaban J connectivity index is 1.49. The van der Waals surface area contributed by atoms with Crippen molar-refractivity contribution in [3.05, 3.63) is 65.7 Å². The Kier molecular flexibility index (Phi) is 5.12. The highest BCUT2D eigenvalue weighted by atomic mass is 16.2. The van der Waals surface area contributed by atoms with Gasteiger partial charge in [-0.1, -0.05) is 18.2 Å². The van der Waals surface area contributed by atoms with Gasteiger partial charge in [0.15, 0.2) is 0 Å². The minimum Gasteiger partial charge on any atom is -0.273 e. The second-order valence-electron chi connectivity index (χ2n) is 5.99. The van der Waals surface area contributed by atoms with Gasteiger partial charge in [0.2, 0.25) is 5.91 Å². The molecular weight excluding hydrogens is 332 g/mol. The van der Waals surface area contributed by atoms with E-state index in [1.54, 1.807) is 21.8 Å². The van der Waals surface area contributed by atoms with Crippen LogP contribution in [0.1, 0.15) is 17.0 Å². The third kappa shape index (κ3) is 4.35. The molecule has 0 fully saturated rings. The van der Waals surface area contributed by atoms with Gasteiger partial charge in [-0.3, -0.25) is 25.1 Å². The van der Waals surface area contributed by atoms with Crippen LogP contribution in [0.15, 0.2) is 48.8 Å². The highest BCUT2D eigenvalue weighted by Gasteiger charge is 2.10. The van der Waals surface area contributed by atoms with Gasteiger partial charge in [-0.2, -0.15) is 10.2 Å². The molecule has 2 N–H and O–H groups in total. The van der Waals surface area contributed by atoms with Crippen LogP contribution in [-0.4, -0.2) is 31.4 Å². The molecule has 0 unspecified atom stereocenters. The van der Waals surface area contributed by atoms with Crippen LogP contribution in [0.3, 0.4) is 0 Å². The Morgan fingerprint density at radius 2 is 1.81 bits per heavy atom. The largest absolute Gasteiger partial charge is 0.273 e. The summed E-state index contributed by atoms with van der Waals surface area (Å²) in [5.74, 6) is -0.663. The SMILES string of the molecule is Cc1cc(C)n(CC(=O)NNC(=O)Cc2cnn(-c3ccccc3)c2)n1. The molecule has 0 saturated heterocycles. The Labute approximate surface area is 150 Å². The molecule has 134 valence electrons. The first kappa shape index (κ1) is 17.4. The number of nitrogens with zero attached hydrogens (tertiary/aromatic N) is 4. The second kappa shape index (κ2) is 7.64. The Hall–Kier alpha value is -3.42. The van der Waals surface area contributed by atoms with Crippen LogP contribution < -0.4 is 10.9 Å². The summed E-state index contributed by atoms with van der Waals surface area (Å²) in [6.07, 6.45) is 3.53. The minimum absolute atomic E-state index is 0.0475. The molecule has 0 aliphatic rings. The van der Waals surface area contributed by atoms with E-state index in [0.717, 1.165) is 22.6 Å². The van der Waals surface area contributed by atoms with Crippen molar-refractivity contribution in [1.82, 2.24) is 30.4 Å². The van der Waals surface area contributed by atoms with E-state index < -0.39 is 0 Å². The number of hydrogen-bond donors (Lipinski definition) is 2. The van der Waals surface area contributed by atoms with Gasteiger partial charge in [0, 0.05) is 11.9 Å². The fourth-order valence-corrected chi connectivity index (χ4v) is 2.55. The maximum absolute atomic E-state index is 12.0. The molecule has 2 amide bonds. The molecule has 2 aromatic heterocycles. The number of hydrogen-bond acceptors (Lipinski definition) is 4. The van der Waals surface area contributed by atoms with Gasteiger partial charge >= 0.3 is 0 Å². The first-order valence-electron chi connectivity index (χ1n) is 8.19. The molecule has 0 aliphatic carbocycles. The number of rotatable bonds is 5. The maximum atomic E-state index is 12.0. The predicted octanol–water partition coefficient (Wildman–Crippen LogP) is 1.08. The molecule has 1 aromatic carbocycles. The lowest BCUT2D eigenvalue weighted by atomic mass is 10.2. The molecule has 0 saturated carbocycles. The number of nitrogens with one attached hydrogen (secondary N) is 2. The molecule has 3 rings (SSSR count). The Morgan fingerprint density at radius 1 is 1.08 bits per heavy atom. The average molecular weight is 352 g/mol. The lowest BCUT2D eigenvalue weighted by molar-refractivity contribution is -0.129. The summed E-state index contributed by atoms with van der Waals surface area (Å²) in [7, 11) is 0. The van der Waals surface area contributed by atoms with E-state index in [9.17, 15) is 9.59 Å². The van der Waals surface area contributed by atoms with Crippen molar-refractivity contribution in [2.45, 2.75) is 26.8 Å². The van der Waals surface area contributed by atoms with Gasteiger partial charge in [0.1, 0.15) is 6.54 Å². The molecular formula is C18H20N6O2. The molecule has 8 nitrogen and oxygen atoms in total. The highest BCUT2D eigenvalue weighted by Crippen LogP contribution is 2.08. The van der Waals surface area contributed by atoms with E-state index >= 15 is 0 Å². The summed E-state index contributed by atoms with van der Waals surface area (Å²) < 4.78 is 3.28. The van der Waals surface area contributed by atoms with Crippen LogP contribution in [0.25, 0.3) is 5.69 Å². The van der Waals surface area contributed by atoms with Crippen molar-refractivity contribution in [2.24, 2.45) is 0 Å². The summed E-state index contributed by atoms with van der Waals surface area (Å²) in [5, 5.41) is 8.45. The number of hydrazine groups is 1. The summed E-state index contributed by atoms with van der Waals surface area (Å²) in [6, 6.07) is 11.5. The van der Waals surface area contributed by atoms with Crippen LogP contribution in [0.4, 0.5) is 0 Å². The Bertz CT molecular complexity index is 913. The van der Waals surface area contributed by atoms with Gasteiger partial charge < -0.3 is 0 Å². The van der Waals surface area contributed by atoms with Crippen molar-refractivity contribution in [3.8, 4) is 5.69 Å². The zero-order valence-corrected chi connectivity index (χ0v) is 14.6. The third-order valence-corrected chi connectivity index (χ3v) is 3.76. The first-order chi connectivity index (χ1) is 12.5. The summed E-state index contributed by atoms with van der Waals surface area (Å²) in [6.45, 7) is 3.78. The van der Waals surface area contributed by atoms with Gasteiger partial charge in [0.25, 0.3) is 5.91 Å². The van der Waals surface area contributed by atoms with Crippen LogP contribution in [0.2, 0.25) is 0 Å². The van der Waals surface area contributed by atoms with Gasteiger partial charge in [-0.15, -0.1) is 0 Å². The van der Waals surface area contributed by atoms with Crippen LogP contribution in [0.5, 0.6) is 0 Å².